The lowest BCUT2D eigenvalue weighted by molar-refractivity contribution is 0.0229. The summed E-state index contributed by atoms with van der Waals surface area (Å²) in [6.45, 7) is 4.26. The summed E-state index contributed by atoms with van der Waals surface area (Å²) in [5.41, 5.74) is 0. The summed E-state index contributed by atoms with van der Waals surface area (Å²) in [6.07, 6.45) is 3.11. The lowest BCUT2D eigenvalue weighted by Crippen LogP contribution is -2.22. The fourth-order valence-corrected chi connectivity index (χ4v) is 1.02. The normalized spacial score (nSPS) is 30.1. The number of ether oxygens (including phenoxy) is 1. The van der Waals surface area contributed by atoms with E-state index < -0.39 is 6.10 Å². The fraction of sp³-hybridized carbons (Fsp3) is 0.714. The molecule has 0 amide bonds. The number of hydrogen-bond acceptors (Lipinski definition) is 2. The van der Waals surface area contributed by atoms with Crippen molar-refractivity contribution in [3.63, 3.8) is 0 Å². The molecule has 1 saturated heterocycles. The lowest BCUT2D eigenvalue weighted by atomic mass is 10.4. The molecule has 2 unspecified atom stereocenters. The van der Waals surface area contributed by atoms with E-state index in [1.54, 1.807) is 0 Å². The van der Waals surface area contributed by atoms with Gasteiger partial charge in [0.1, 0.15) is 0 Å². The molecule has 0 aromatic rings. The van der Waals surface area contributed by atoms with Crippen molar-refractivity contribution in [3.8, 4) is 0 Å². The Morgan fingerprint density at radius 1 is 1.78 bits per heavy atom. The second-order valence-electron chi connectivity index (χ2n) is 2.28. The van der Waals surface area contributed by atoms with Crippen LogP contribution in [0.4, 0.5) is 0 Å². The minimum Gasteiger partial charge on any atom is -0.386 e. The first-order valence-corrected chi connectivity index (χ1v) is 3.27. The molecule has 52 valence electrons. The standard InChI is InChI=1S/C7H12O2/c1-2-6(8)7-4-3-5-9-7/h2,6-8H,1,3-5H2/i7+2. The molecule has 0 aromatic heterocycles. The zero-order valence-electron chi connectivity index (χ0n) is 5.42. The second-order valence-corrected chi connectivity index (χ2v) is 2.28. The molecule has 0 saturated carbocycles. The summed E-state index contributed by atoms with van der Waals surface area (Å²) in [7, 11) is 0. The van der Waals surface area contributed by atoms with Crippen LogP contribution in [0.3, 0.4) is 0 Å². The molecule has 2 atom stereocenters. The van der Waals surface area contributed by atoms with Gasteiger partial charge in [0.15, 0.2) is 0 Å². The van der Waals surface area contributed by atoms with Crippen LogP contribution < -0.4 is 0 Å². The van der Waals surface area contributed by atoms with Crippen LogP contribution in [0.2, 0.25) is 0 Å². The first kappa shape index (κ1) is 6.78. The van der Waals surface area contributed by atoms with Crippen molar-refractivity contribution in [1.82, 2.24) is 0 Å². The van der Waals surface area contributed by atoms with Gasteiger partial charge in [0, 0.05) is 6.61 Å². The van der Waals surface area contributed by atoms with E-state index in [1.165, 1.54) is 6.08 Å². The topological polar surface area (TPSA) is 29.5 Å². The van der Waals surface area contributed by atoms with Gasteiger partial charge in [-0.25, -0.2) is 0 Å². The van der Waals surface area contributed by atoms with Gasteiger partial charge in [-0.15, -0.1) is 6.58 Å². The van der Waals surface area contributed by atoms with Crippen molar-refractivity contribution in [2.45, 2.75) is 25.0 Å². The van der Waals surface area contributed by atoms with Crippen LogP contribution in [0.5, 0.6) is 0 Å². The van der Waals surface area contributed by atoms with Gasteiger partial charge in [-0.1, -0.05) is 6.08 Å². The monoisotopic (exact) mass is 130 g/mol. The maximum atomic E-state index is 9.11. The zero-order chi connectivity index (χ0) is 6.69. The molecule has 1 rings (SSSR count). The maximum absolute atomic E-state index is 9.11. The third-order valence-corrected chi connectivity index (χ3v) is 1.59. The van der Waals surface area contributed by atoms with Crippen molar-refractivity contribution >= 4 is 0 Å². The highest BCUT2D eigenvalue weighted by molar-refractivity contribution is 4.86. The molecule has 1 heterocycles. The van der Waals surface area contributed by atoms with Crippen molar-refractivity contribution in [3.05, 3.63) is 12.7 Å². The van der Waals surface area contributed by atoms with E-state index >= 15 is 0 Å². The van der Waals surface area contributed by atoms with Crippen LogP contribution in [-0.2, 0) is 4.74 Å². The minimum absolute atomic E-state index is 0.0162. The fourth-order valence-electron chi connectivity index (χ4n) is 1.02. The summed E-state index contributed by atoms with van der Waals surface area (Å²) in [5, 5.41) is 9.11. The predicted molar refractivity (Wildman–Crippen MR) is 35.2 cm³/mol. The van der Waals surface area contributed by atoms with Crippen LogP contribution in [0, 0.1) is 0 Å². The number of hydrogen-bond donors (Lipinski definition) is 1. The molecule has 0 bridgehead atoms. The van der Waals surface area contributed by atoms with Crippen molar-refractivity contribution in [2.24, 2.45) is 0 Å². The molecule has 0 aromatic carbocycles. The SMILES string of the molecule is C=CC(O)[14CH]1CCCO1. The van der Waals surface area contributed by atoms with Gasteiger partial charge in [0.25, 0.3) is 0 Å². The quantitative estimate of drug-likeness (QED) is 0.558. The van der Waals surface area contributed by atoms with E-state index in [9.17, 15) is 0 Å². The smallest absolute Gasteiger partial charge is 0.0980 e. The summed E-state index contributed by atoms with van der Waals surface area (Å²) in [4.78, 5) is 0. The third-order valence-electron chi connectivity index (χ3n) is 1.59. The van der Waals surface area contributed by atoms with Gasteiger partial charge in [-0.05, 0) is 12.8 Å². The Labute approximate surface area is 55.1 Å². The van der Waals surface area contributed by atoms with Gasteiger partial charge < -0.3 is 9.84 Å². The number of aliphatic hydroxyl groups is 1. The molecule has 1 aliphatic heterocycles. The molecule has 1 aliphatic rings. The van der Waals surface area contributed by atoms with Crippen LogP contribution >= 0.6 is 0 Å². The molecular formula is C7H12O2. The largest absolute Gasteiger partial charge is 0.386 e. The zero-order valence-corrected chi connectivity index (χ0v) is 5.42. The molecule has 2 heteroatoms. The first-order chi connectivity index (χ1) is 4.34. The van der Waals surface area contributed by atoms with Crippen molar-refractivity contribution in [2.75, 3.05) is 6.61 Å². The highest BCUT2D eigenvalue weighted by Crippen LogP contribution is 2.15. The van der Waals surface area contributed by atoms with E-state index in [4.69, 9.17) is 9.84 Å². The summed E-state index contributed by atoms with van der Waals surface area (Å²) >= 11 is 0. The Bertz CT molecular complexity index is 95.1. The minimum atomic E-state index is -0.465. The molecular weight excluding hydrogens is 118 g/mol. The average Bonchev–Trinajstić information content (AvgIpc) is 2.37. The second kappa shape index (κ2) is 2.99. The summed E-state index contributed by atoms with van der Waals surface area (Å²) < 4.78 is 5.18. The molecule has 0 spiro atoms. The van der Waals surface area contributed by atoms with Crippen LogP contribution in [0.25, 0.3) is 0 Å². The predicted octanol–water partition coefficient (Wildman–Crippen LogP) is 0.712. The molecule has 0 radical (unpaired) electrons. The van der Waals surface area contributed by atoms with Gasteiger partial charge in [0.05, 0.1) is 12.2 Å². The Balaban J connectivity index is 2.32. The lowest BCUT2D eigenvalue weighted by Gasteiger charge is -2.11. The molecule has 1 fully saturated rings. The van der Waals surface area contributed by atoms with E-state index in [0.717, 1.165) is 19.4 Å². The van der Waals surface area contributed by atoms with Gasteiger partial charge in [0.2, 0.25) is 0 Å². The Morgan fingerprint density at radius 3 is 3.00 bits per heavy atom. The number of aliphatic hydroxyl groups excluding tert-OH is 1. The van der Waals surface area contributed by atoms with Crippen LogP contribution in [0.1, 0.15) is 12.8 Å². The van der Waals surface area contributed by atoms with E-state index in [-0.39, 0.29) is 6.10 Å². The summed E-state index contributed by atoms with van der Waals surface area (Å²) in [6, 6.07) is 0. The molecule has 0 aliphatic carbocycles. The summed E-state index contributed by atoms with van der Waals surface area (Å²) in [5.74, 6) is 0. The van der Waals surface area contributed by atoms with Crippen LogP contribution in [0.15, 0.2) is 12.7 Å². The van der Waals surface area contributed by atoms with E-state index in [2.05, 4.69) is 6.58 Å². The Kier molecular flexibility index (Phi) is 2.25. The molecule has 9 heavy (non-hydrogen) atoms. The van der Waals surface area contributed by atoms with Crippen LogP contribution in [-0.4, -0.2) is 23.9 Å². The van der Waals surface area contributed by atoms with Crippen molar-refractivity contribution in [1.29, 1.82) is 0 Å². The van der Waals surface area contributed by atoms with E-state index in [1.807, 2.05) is 0 Å². The van der Waals surface area contributed by atoms with Gasteiger partial charge in [-0.2, -0.15) is 0 Å². The van der Waals surface area contributed by atoms with Crippen molar-refractivity contribution < 1.29 is 9.84 Å². The number of rotatable bonds is 2. The molecule has 2 nitrogen and oxygen atoms in total. The van der Waals surface area contributed by atoms with Gasteiger partial charge >= 0.3 is 0 Å². The Morgan fingerprint density at radius 2 is 2.56 bits per heavy atom. The average molecular weight is 130 g/mol. The highest BCUT2D eigenvalue weighted by atomic mass is 16.7. The highest BCUT2D eigenvalue weighted by Gasteiger charge is 2.20. The maximum Gasteiger partial charge on any atom is 0.0980 e. The Hall–Kier alpha value is -0.340. The van der Waals surface area contributed by atoms with Gasteiger partial charge in [-0.3, -0.25) is 0 Å². The van der Waals surface area contributed by atoms with E-state index in [0.29, 0.717) is 0 Å². The first-order valence-electron chi connectivity index (χ1n) is 3.27. The third kappa shape index (κ3) is 1.53. The molecule has 1 N–H and O–H groups in total.